The summed E-state index contributed by atoms with van der Waals surface area (Å²) in [6.07, 6.45) is 1.88. The van der Waals surface area contributed by atoms with E-state index in [4.69, 9.17) is 5.11 Å². The molecule has 0 saturated carbocycles. The first kappa shape index (κ1) is 14.1. The van der Waals surface area contributed by atoms with Gasteiger partial charge in [0.1, 0.15) is 5.78 Å². The van der Waals surface area contributed by atoms with Crippen molar-refractivity contribution >= 4 is 11.8 Å². The molecule has 0 aromatic rings. The van der Waals surface area contributed by atoms with Crippen molar-refractivity contribution in [1.82, 2.24) is 0 Å². The Morgan fingerprint density at radius 3 is 2.13 bits per heavy atom. The highest BCUT2D eigenvalue weighted by molar-refractivity contribution is 5.80. The Hall–Kier alpha value is -0.860. The maximum absolute atomic E-state index is 11.6. The van der Waals surface area contributed by atoms with Crippen LogP contribution in [0.4, 0.5) is 0 Å². The van der Waals surface area contributed by atoms with Gasteiger partial charge in [-0.25, -0.2) is 0 Å². The Morgan fingerprint density at radius 2 is 1.73 bits per heavy atom. The average Bonchev–Trinajstić information content (AvgIpc) is 1.96. The van der Waals surface area contributed by atoms with E-state index in [1.54, 1.807) is 0 Å². The first-order chi connectivity index (χ1) is 6.73. The molecule has 0 aromatic heterocycles. The van der Waals surface area contributed by atoms with Crippen LogP contribution in [0.3, 0.4) is 0 Å². The summed E-state index contributed by atoms with van der Waals surface area (Å²) in [5, 5.41) is 8.67. The topological polar surface area (TPSA) is 54.4 Å². The molecular formula is C12H22O3. The largest absolute Gasteiger partial charge is 0.481 e. The van der Waals surface area contributed by atoms with Gasteiger partial charge in [0.15, 0.2) is 0 Å². The molecule has 88 valence electrons. The van der Waals surface area contributed by atoms with E-state index in [0.29, 0.717) is 18.8 Å². The monoisotopic (exact) mass is 214 g/mol. The van der Waals surface area contributed by atoms with Crippen molar-refractivity contribution in [3.63, 3.8) is 0 Å². The molecule has 0 atom stereocenters. The number of carbonyl (C=O) groups is 2. The van der Waals surface area contributed by atoms with Crippen molar-refractivity contribution in [3.8, 4) is 0 Å². The summed E-state index contributed by atoms with van der Waals surface area (Å²) in [5.74, 6) is -0.136. The highest BCUT2D eigenvalue weighted by Gasteiger charge is 2.24. The van der Waals surface area contributed by atoms with Crippen molar-refractivity contribution in [2.45, 2.75) is 53.4 Å². The lowest BCUT2D eigenvalue weighted by atomic mass is 9.83. The molecule has 0 aromatic carbocycles. The van der Waals surface area contributed by atoms with E-state index < -0.39 is 11.4 Å². The Labute approximate surface area is 91.9 Å². The zero-order chi connectivity index (χ0) is 12.1. The number of hydrogen-bond acceptors (Lipinski definition) is 2. The third-order valence-electron chi connectivity index (χ3n) is 2.31. The summed E-state index contributed by atoms with van der Waals surface area (Å²) in [4.78, 5) is 22.1. The van der Waals surface area contributed by atoms with Gasteiger partial charge in [-0.1, -0.05) is 27.7 Å². The quantitative estimate of drug-likeness (QED) is 0.709. The van der Waals surface area contributed by atoms with Crippen LogP contribution in [0.25, 0.3) is 0 Å². The second-order valence-corrected chi connectivity index (χ2v) is 5.38. The number of rotatable bonds is 7. The lowest BCUT2D eigenvalue weighted by Gasteiger charge is -2.21. The van der Waals surface area contributed by atoms with Crippen molar-refractivity contribution in [1.29, 1.82) is 0 Å². The molecule has 0 radical (unpaired) electrons. The molecule has 3 nitrogen and oxygen atoms in total. The minimum absolute atomic E-state index is 0.0560. The SMILES string of the molecule is CC(C)CCC(=O)CC(C)(C)CC(=O)O. The molecule has 0 fully saturated rings. The van der Waals surface area contributed by atoms with Crippen LogP contribution in [-0.2, 0) is 9.59 Å². The van der Waals surface area contributed by atoms with Crippen molar-refractivity contribution in [2.24, 2.45) is 11.3 Å². The van der Waals surface area contributed by atoms with E-state index >= 15 is 0 Å². The van der Waals surface area contributed by atoms with Gasteiger partial charge in [-0.2, -0.15) is 0 Å². The van der Waals surface area contributed by atoms with E-state index in [1.165, 1.54) is 0 Å². The summed E-state index contributed by atoms with van der Waals surface area (Å²) < 4.78 is 0. The molecule has 0 spiro atoms. The number of carboxylic acids is 1. The third kappa shape index (κ3) is 8.16. The zero-order valence-electron chi connectivity index (χ0n) is 10.2. The van der Waals surface area contributed by atoms with Gasteiger partial charge in [-0.05, 0) is 17.8 Å². The van der Waals surface area contributed by atoms with E-state index in [-0.39, 0.29) is 12.2 Å². The summed E-state index contributed by atoms with van der Waals surface area (Å²) in [7, 11) is 0. The van der Waals surface area contributed by atoms with E-state index in [2.05, 4.69) is 13.8 Å². The highest BCUT2D eigenvalue weighted by Crippen LogP contribution is 2.26. The van der Waals surface area contributed by atoms with Crippen LogP contribution in [0.1, 0.15) is 53.4 Å². The minimum Gasteiger partial charge on any atom is -0.481 e. The molecule has 0 aliphatic rings. The van der Waals surface area contributed by atoms with Gasteiger partial charge >= 0.3 is 5.97 Å². The minimum atomic E-state index is -0.836. The second kappa shape index (κ2) is 5.89. The first-order valence-corrected chi connectivity index (χ1v) is 5.46. The van der Waals surface area contributed by atoms with Gasteiger partial charge in [0.05, 0.1) is 6.42 Å². The number of carboxylic acid groups (broad SMARTS) is 1. The Balaban J connectivity index is 3.98. The summed E-state index contributed by atoms with van der Waals surface area (Å²) in [6, 6.07) is 0. The molecule has 0 rings (SSSR count). The third-order valence-corrected chi connectivity index (χ3v) is 2.31. The van der Waals surface area contributed by atoms with Crippen molar-refractivity contribution in [2.75, 3.05) is 0 Å². The predicted molar refractivity (Wildman–Crippen MR) is 59.7 cm³/mol. The lowest BCUT2D eigenvalue weighted by Crippen LogP contribution is -2.21. The number of hydrogen-bond donors (Lipinski definition) is 1. The molecule has 0 heterocycles. The van der Waals surface area contributed by atoms with Gasteiger partial charge in [0.2, 0.25) is 0 Å². The molecule has 0 aliphatic carbocycles. The van der Waals surface area contributed by atoms with E-state index in [1.807, 2.05) is 13.8 Å². The van der Waals surface area contributed by atoms with Gasteiger partial charge in [-0.15, -0.1) is 0 Å². The second-order valence-electron chi connectivity index (χ2n) is 5.38. The molecule has 0 aliphatic heterocycles. The van der Waals surface area contributed by atoms with Gasteiger partial charge < -0.3 is 5.11 Å². The number of Topliss-reactive ketones (excluding diaryl/α,β-unsaturated/α-hetero) is 1. The normalized spacial score (nSPS) is 11.8. The van der Waals surface area contributed by atoms with Crippen LogP contribution in [0, 0.1) is 11.3 Å². The van der Waals surface area contributed by atoms with Crippen LogP contribution in [-0.4, -0.2) is 16.9 Å². The molecule has 3 heteroatoms. The smallest absolute Gasteiger partial charge is 0.303 e. The first-order valence-electron chi connectivity index (χ1n) is 5.46. The molecule has 15 heavy (non-hydrogen) atoms. The molecular weight excluding hydrogens is 192 g/mol. The zero-order valence-corrected chi connectivity index (χ0v) is 10.2. The standard InChI is InChI=1S/C12H22O3/c1-9(2)5-6-10(13)7-12(3,4)8-11(14)15/h9H,5-8H2,1-4H3,(H,14,15). The van der Waals surface area contributed by atoms with Crippen LogP contribution in [0.2, 0.25) is 0 Å². The Bertz CT molecular complexity index is 229. The maximum atomic E-state index is 11.6. The van der Waals surface area contributed by atoms with E-state index in [0.717, 1.165) is 6.42 Å². The number of aliphatic carboxylic acids is 1. The highest BCUT2D eigenvalue weighted by atomic mass is 16.4. The summed E-state index contributed by atoms with van der Waals surface area (Å²) >= 11 is 0. The Morgan fingerprint density at radius 1 is 1.20 bits per heavy atom. The summed E-state index contributed by atoms with van der Waals surface area (Å²) in [5.41, 5.74) is -0.417. The van der Waals surface area contributed by atoms with Crippen LogP contribution < -0.4 is 0 Å². The van der Waals surface area contributed by atoms with Gasteiger partial charge in [-0.3, -0.25) is 9.59 Å². The fourth-order valence-electron chi connectivity index (χ4n) is 1.54. The molecule has 0 bridgehead atoms. The van der Waals surface area contributed by atoms with Crippen molar-refractivity contribution < 1.29 is 14.7 Å². The average molecular weight is 214 g/mol. The van der Waals surface area contributed by atoms with Crippen LogP contribution >= 0.6 is 0 Å². The van der Waals surface area contributed by atoms with Crippen LogP contribution in [0.15, 0.2) is 0 Å². The summed E-state index contributed by atoms with van der Waals surface area (Å²) in [6.45, 7) is 7.81. The van der Waals surface area contributed by atoms with Crippen LogP contribution in [0.5, 0.6) is 0 Å². The van der Waals surface area contributed by atoms with Crippen molar-refractivity contribution in [3.05, 3.63) is 0 Å². The number of carbonyl (C=O) groups excluding carboxylic acids is 1. The number of ketones is 1. The van der Waals surface area contributed by atoms with E-state index in [9.17, 15) is 9.59 Å². The molecule has 0 saturated heterocycles. The van der Waals surface area contributed by atoms with Gasteiger partial charge in [0.25, 0.3) is 0 Å². The molecule has 1 N–H and O–H groups in total. The molecule has 0 unspecified atom stereocenters. The van der Waals surface area contributed by atoms with Gasteiger partial charge in [0, 0.05) is 12.8 Å². The maximum Gasteiger partial charge on any atom is 0.303 e. The Kier molecular flexibility index (Phi) is 5.55. The fourth-order valence-corrected chi connectivity index (χ4v) is 1.54. The lowest BCUT2D eigenvalue weighted by molar-refractivity contribution is -0.139. The molecule has 0 amide bonds. The fraction of sp³-hybridized carbons (Fsp3) is 0.833. The predicted octanol–water partition coefficient (Wildman–Crippen LogP) is 2.88.